The van der Waals surface area contributed by atoms with Gasteiger partial charge in [0.2, 0.25) is 10.0 Å². The molecule has 2 aromatic carbocycles. The summed E-state index contributed by atoms with van der Waals surface area (Å²) in [5.74, 6) is 0.0866. The second-order valence-corrected chi connectivity index (χ2v) is 6.67. The van der Waals surface area contributed by atoms with Crippen LogP contribution >= 0.6 is 11.6 Å². The van der Waals surface area contributed by atoms with Crippen LogP contribution in [0.1, 0.15) is 5.56 Å². The maximum Gasteiger partial charge on any atom is 0.229 e. The Hall–Kier alpha value is -1.92. The molecule has 0 bridgehead atoms. The molecule has 0 aliphatic carbocycles. The third kappa shape index (κ3) is 4.27. The van der Waals surface area contributed by atoms with E-state index in [0.717, 1.165) is 6.26 Å². The van der Waals surface area contributed by atoms with E-state index in [-0.39, 0.29) is 12.3 Å². The molecular weight excluding hydrogens is 312 g/mol. The fourth-order valence-electron chi connectivity index (χ4n) is 1.83. The standard InChI is InChI=1S/C14H15ClN2O3S/c1-21(19,20)17-13-7-3-2-6-12(13)16-9-10-11(15)5-4-8-14(10)18/h2-8,16-18H,9H2,1H3. The van der Waals surface area contributed by atoms with Gasteiger partial charge in [0.15, 0.2) is 0 Å². The summed E-state index contributed by atoms with van der Waals surface area (Å²) in [4.78, 5) is 0. The van der Waals surface area contributed by atoms with Gasteiger partial charge in [0.1, 0.15) is 5.75 Å². The number of rotatable bonds is 5. The number of para-hydroxylation sites is 2. The molecule has 7 heteroatoms. The minimum absolute atomic E-state index is 0.0866. The Morgan fingerprint density at radius 2 is 1.76 bits per heavy atom. The molecule has 0 aliphatic rings. The number of halogens is 1. The van der Waals surface area contributed by atoms with Crippen molar-refractivity contribution < 1.29 is 13.5 Å². The van der Waals surface area contributed by atoms with Gasteiger partial charge in [-0.3, -0.25) is 4.72 Å². The largest absolute Gasteiger partial charge is 0.508 e. The number of nitrogens with one attached hydrogen (secondary N) is 2. The predicted octanol–water partition coefficient (Wildman–Crippen LogP) is 3.03. The van der Waals surface area contributed by atoms with Crippen molar-refractivity contribution >= 4 is 33.0 Å². The number of benzene rings is 2. The molecule has 0 spiro atoms. The molecule has 0 saturated carbocycles. The van der Waals surface area contributed by atoms with Crippen LogP contribution in [0.3, 0.4) is 0 Å². The monoisotopic (exact) mass is 326 g/mol. The van der Waals surface area contributed by atoms with E-state index in [1.54, 1.807) is 42.5 Å². The Kier molecular flexibility index (Phi) is 4.59. The lowest BCUT2D eigenvalue weighted by atomic mass is 10.2. The van der Waals surface area contributed by atoms with Gasteiger partial charge in [0.05, 0.1) is 17.6 Å². The van der Waals surface area contributed by atoms with Crippen molar-refractivity contribution in [3.63, 3.8) is 0 Å². The summed E-state index contributed by atoms with van der Waals surface area (Å²) in [6.07, 6.45) is 1.09. The highest BCUT2D eigenvalue weighted by molar-refractivity contribution is 7.92. The van der Waals surface area contributed by atoms with E-state index < -0.39 is 10.0 Å². The quantitative estimate of drug-likeness (QED) is 0.789. The van der Waals surface area contributed by atoms with Crippen LogP contribution in [0.2, 0.25) is 5.02 Å². The normalized spacial score (nSPS) is 11.1. The van der Waals surface area contributed by atoms with Crippen LogP contribution < -0.4 is 10.0 Å². The fraction of sp³-hybridized carbons (Fsp3) is 0.143. The van der Waals surface area contributed by atoms with Crippen molar-refractivity contribution in [2.75, 3.05) is 16.3 Å². The van der Waals surface area contributed by atoms with E-state index in [1.807, 2.05) is 0 Å². The van der Waals surface area contributed by atoms with Crippen LogP contribution in [-0.2, 0) is 16.6 Å². The highest BCUT2D eigenvalue weighted by atomic mass is 35.5. The predicted molar refractivity (Wildman–Crippen MR) is 85.4 cm³/mol. The molecule has 2 rings (SSSR count). The van der Waals surface area contributed by atoms with E-state index in [0.29, 0.717) is 22.0 Å². The van der Waals surface area contributed by atoms with E-state index in [2.05, 4.69) is 10.0 Å². The summed E-state index contributed by atoms with van der Waals surface area (Å²) in [5, 5.41) is 13.3. The van der Waals surface area contributed by atoms with Crippen LogP contribution in [0.25, 0.3) is 0 Å². The molecule has 0 fully saturated rings. The number of phenols is 1. The maximum absolute atomic E-state index is 11.3. The molecule has 0 unspecified atom stereocenters. The lowest BCUT2D eigenvalue weighted by molar-refractivity contribution is 0.469. The van der Waals surface area contributed by atoms with E-state index in [4.69, 9.17) is 11.6 Å². The van der Waals surface area contributed by atoms with Gasteiger partial charge in [-0.1, -0.05) is 29.8 Å². The number of hydrogen-bond donors (Lipinski definition) is 3. The second-order valence-electron chi connectivity index (χ2n) is 4.51. The Labute approximate surface area is 128 Å². The molecule has 0 radical (unpaired) electrons. The molecule has 0 amide bonds. The van der Waals surface area contributed by atoms with Gasteiger partial charge in [-0.2, -0.15) is 0 Å². The molecule has 0 aliphatic heterocycles. The zero-order chi connectivity index (χ0) is 15.5. The molecule has 0 atom stereocenters. The average molecular weight is 327 g/mol. The summed E-state index contributed by atoms with van der Waals surface area (Å²) in [6, 6.07) is 11.8. The average Bonchev–Trinajstić information content (AvgIpc) is 2.38. The van der Waals surface area contributed by atoms with Gasteiger partial charge >= 0.3 is 0 Å². The summed E-state index contributed by atoms with van der Waals surface area (Å²) in [6.45, 7) is 0.272. The third-order valence-corrected chi connectivity index (χ3v) is 3.72. The first-order valence-electron chi connectivity index (χ1n) is 6.14. The Morgan fingerprint density at radius 3 is 2.38 bits per heavy atom. The zero-order valence-electron chi connectivity index (χ0n) is 11.3. The highest BCUT2D eigenvalue weighted by Gasteiger charge is 2.09. The molecule has 0 aromatic heterocycles. The van der Waals surface area contributed by atoms with E-state index >= 15 is 0 Å². The van der Waals surface area contributed by atoms with Gasteiger partial charge < -0.3 is 10.4 Å². The summed E-state index contributed by atoms with van der Waals surface area (Å²) in [5.41, 5.74) is 1.59. The zero-order valence-corrected chi connectivity index (χ0v) is 12.9. The minimum atomic E-state index is -3.36. The van der Waals surface area contributed by atoms with E-state index in [1.165, 1.54) is 0 Å². The number of aromatic hydroxyl groups is 1. The first-order valence-corrected chi connectivity index (χ1v) is 8.41. The second kappa shape index (κ2) is 6.24. The lowest BCUT2D eigenvalue weighted by Crippen LogP contribution is -2.12. The van der Waals surface area contributed by atoms with Gasteiger partial charge in [-0.05, 0) is 24.3 Å². The number of anilines is 2. The highest BCUT2D eigenvalue weighted by Crippen LogP contribution is 2.28. The number of sulfonamides is 1. The third-order valence-electron chi connectivity index (χ3n) is 2.77. The van der Waals surface area contributed by atoms with Gasteiger partial charge in [0.25, 0.3) is 0 Å². The number of hydrogen-bond acceptors (Lipinski definition) is 4. The van der Waals surface area contributed by atoms with E-state index in [9.17, 15) is 13.5 Å². The Bertz CT molecular complexity index is 727. The fourth-order valence-corrected chi connectivity index (χ4v) is 2.65. The van der Waals surface area contributed by atoms with Crippen LogP contribution in [0.5, 0.6) is 5.75 Å². The van der Waals surface area contributed by atoms with Crippen molar-refractivity contribution in [1.82, 2.24) is 0 Å². The van der Waals surface area contributed by atoms with Gasteiger partial charge in [-0.15, -0.1) is 0 Å². The lowest BCUT2D eigenvalue weighted by Gasteiger charge is -2.14. The topological polar surface area (TPSA) is 78.4 Å². The van der Waals surface area contributed by atoms with Crippen molar-refractivity contribution in [2.24, 2.45) is 0 Å². The molecule has 21 heavy (non-hydrogen) atoms. The van der Waals surface area contributed by atoms with Gasteiger partial charge in [0, 0.05) is 17.1 Å². The van der Waals surface area contributed by atoms with Gasteiger partial charge in [-0.25, -0.2) is 8.42 Å². The first-order chi connectivity index (χ1) is 9.87. The molecule has 2 aromatic rings. The van der Waals surface area contributed by atoms with Crippen LogP contribution in [0, 0.1) is 0 Å². The van der Waals surface area contributed by atoms with Crippen LogP contribution in [-0.4, -0.2) is 19.8 Å². The molecule has 112 valence electrons. The number of phenolic OH excluding ortho intramolecular Hbond substituents is 1. The molecule has 0 saturated heterocycles. The van der Waals surface area contributed by atoms with Crippen molar-refractivity contribution in [2.45, 2.75) is 6.54 Å². The van der Waals surface area contributed by atoms with Crippen LogP contribution in [0.4, 0.5) is 11.4 Å². The summed E-state index contributed by atoms with van der Waals surface area (Å²) >= 11 is 6.03. The smallest absolute Gasteiger partial charge is 0.229 e. The maximum atomic E-state index is 11.3. The summed E-state index contributed by atoms with van der Waals surface area (Å²) < 4.78 is 25.1. The summed E-state index contributed by atoms with van der Waals surface area (Å²) in [7, 11) is -3.36. The molecular formula is C14H15ClN2O3S. The molecule has 5 nitrogen and oxygen atoms in total. The van der Waals surface area contributed by atoms with Crippen molar-refractivity contribution in [3.05, 3.63) is 53.1 Å². The van der Waals surface area contributed by atoms with Crippen LogP contribution in [0.15, 0.2) is 42.5 Å². The van der Waals surface area contributed by atoms with Crippen molar-refractivity contribution in [3.8, 4) is 5.75 Å². The SMILES string of the molecule is CS(=O)(=O)Nc1ccccc1NCc1c(O)cccc1Cl. The Morgan fingerprint density at radius 1 is 1.10 bits per heavy atom. The van der Waals surface area contributed by atoms with Crippen molar-refractivity contribution in [1.29, 1.82) is 0 Å². The molecule has 0 heterocycles. The first kappa shape index (κ1) is 15.5. The minimum Gasteiger partial charge on any atom is -0.508 e. The Balaban J connectivity index is 2.21. The molecule has 3 N–H and O–H groups in total.